The Morgan fingerprint density at radius 1 is 1.38 bits per heavy atom. The molecule has 5 atom stereocenters. The van der Waals surface area contributed by atoms with Gasteiger partial charge in [-0.1, -0.05) is 39.3 Å². The van der Waals surface area contributed by atoms with Gasteiger partial charge in [0.1, 0.15) is 6.10 Å². The standard InChI is InChI=1S/C20H32O4/c1-12(10-17(22)23)6-8-14-13(2)7-9-16-19(3,4)18(24)15(21)11-20(14,16)5/h7,12,14,16,18,24H,6,8-11H2,1-5H3,(H,22,23)/t12?,14-,16-,18-,20+/m1/s1. The number of aliphatic hydroxyl groups excluding tert-OH is 1. The van der Waals surface area contributed by atoms with E-state index in [1.54, 1.807) is 0 Å². The fourth-order valence-electron chi connectivity index (χ4n) is 5.36. The highest BCUT2D eigenvalue weighted by Gasteiger charge is 2.57. The quantitative estimate of drug-likeness (QED) is 0.748. The number of allylic oxidation sites excluding steroid dienone is 2. The number of carboxylic acids is 1. The summed E-state index contributed by atoms with van der Waals surface area (Å²) >= 11 is 0. The molecule has 0 aromatic carbocycles. The van der Waals surface area contributed by atoms with Crippen LogP contribution in [0.2, 0.25) is 0 Å². The van der Waals surface area contributed by atoms with E-state index in [4.69, 9.17) is 5.11 Å². The SMILES string of the molecule is CC1=CC[C@@H]2C(C)(C)[C@H](O)C(=O)C[C@@]2(C)[C@@H]1CCC(C)CC(=O)O. The fraction of sp³-hybridized carbons (Fsp3) is 0.800. The molecule has 136 valence electrons. The molecule has 2 aliphatic rings. The van der Waals surface area contributed by atoms with Crippen molar-refractivity contribution in [2.24, 2.45) is 28.6 Å². The van der Waals surface area contributed by atoms with E-state index in [1.165, 1.54) is 5.57 Å². The number of carbonyl (C=O) groups excluding carboxylic acids is 1. The topological polar surface area (TPSA) is 74.6 Å². The molecule has 2 rings (SSSR count). The van der Waals surface area contributed by atoms with Gasteiger partial charge in [0.25, 0.3) is 0 Å². The van der Waals surface area contributed by atoms with E-state index in [0.29, 0.717) is 6.42 Å². The van der Waals surface area contributed by atoms with Crippen molar-refractivity contribution in [3.05, 3.63) is 11.6 Å². The lowest BCUT2D eigenvalue weighted by molar-refractivity contribution is -0.159. The van der Waals surface area contributed by atoms with Crippen molar-refractivity contribution >= 4 is 11.8 Å². The lowest BCUT2D eigenvalue weighted by Crippen LogP contribution is -2.58. The molecule has 0 spiro atoms. The second-order valence-electron chi connectivity index (χ2n) is 8.94. The lowest BCUT2D eigenvalue weighted by Gasteiger charge is -2.57. The van der Waals surface area contributed by atoms with Crippen LogP contribution in [0.3, 0.4) is 0 Å². The van der Waals surface area contributed by atoms with Crippen molar-refractivity contribution in [3.8, 4) is 0 Å². The molecular weight excluding hydrogens is 304 g/mol. The average molecular weight is 336 g/mol. The Morgan fingerprint density at radius 2 is 2.00 bits per heavy atom. The van der Waals surface area contributed by atoms with Gasteiger partial charge in [-0.3, -0.25) is 9.59 Å². The van der Waals surface area contributed by atoms with Crippen LogP contribution < -0.4 is 0 Å². The highest BCUT2D eigenvalue weighted by Crippen LogP contribution is 2.59. The molecule has 0 aliphatic heterocycles. The number of aliphatic carboxylic acids is 1. The maximum atomic E-state index is 12.5. The zero-order valence-corrected chi connectivity index (χ0v) is 15.6. The summed E-state index contributed by atoms with van der Waals surface area (Å²) in [6.07, 6.45) is 4.66. The molecule has 1 fully saturated rings. The minimum Gasteiger partial charge on any atom is -0.481 e. The molecule has 0 saturated heterocycles. The summed E-state index contributed by atoms with van der Waals surface area (Å²) < 4.78 is 0. The van der Waals surface area contributed by atoms with Crippen molar-refractivity contribution in [3.63, 3.8) is 0 Å². The maximum Gasteiger partial charge on any atom is 0.303 e. The van der Waals surface area contributed by atoms with Crippen molar-refractivity contribution in [2.75, 3.05) is 0 Å². The van der Waals surface area contributed by atoms with Crippen LogP contribution in [0.15, 0.2) is 11.6 Å². The number of fused-ring (bicyclic) bond motifs is 1. The predicted octanol–water partition coefficient (Wildman–Crippen LogP) is 3.83. The molecule has 0 heterocycles. The van der Waals surface area contributed by atoms with E-state index < -0.39 is 17.5 Å². The number of carbonyl (C=O) groups is 2. The third kappa shape index (κ3) is 3.30. The first-order valence-electron chi connectivity index (χ1n) is 9.09. The second-order valence-corrected chi connectivity index (χ2v) is 8.94. The first kappa shape index (κ1) is 19.2. The first-order valence-corrected chi connectivity index (χ1v) is 9.09. The van der Waals surface area contributed by atoms with Crippen LogP contribution in [-0.4, -0.2) is 28.1 Å². The number of carboxylic acid groups (broad SMARTS) is 1. The Kier molecular flexibility index (Phi) is 5.29. The van der Waals surface area contributed by atoms with Gasteiger partial charge in [-0.2, -0.15) is 0 Å². The number of Topliss-reactive ketones (excluding diaryl/α,β-unsaturated/α-hetero) is 1. The van der Waals surface area contributed by atoms with Crippen molar-refractivity contribution in [1.82, 2.24) is 0 Å². The van der Waals surface area contributed by atoms with E-state index in [1.807, 2.05) is 20.8 Å². The third-order valence-corrected chi connectivity index (χ3v) is 6.75. The van der Waals surface area contributed by atoms with E-state index in [2.05, 4.69) is 19.9 Å². The van der Waals surface area contributed by atoms with Crippen LogP contribution in [0.25, 0.3) is 0 Å². The van der Waals surface area contributed by atoms with Crippen LogP contribution in [0.4, 0.5) is 0 Å². The molecule has 0 aromatic rings. The van der Waals surface area contributed by atoms with Gasteiger partial charge in [0, 0.05) is 18.3 Å². The smallest absolute Gasteiger partial charge is 0.303 e. The van der Waals surface area contributed by atoms with Gasteiger partial charge in [-0.15, -0.1) is 0 Å². The Morgan fingerprint density at radius 3 is 2.58 bits per heavy atom. The van der Waals surface area contributed by atoms with Gasteiger partial charge in [-0.25, -0.2) is 0 Å². The largest absolute Gasteiger partial charge is 0.481 e. The Labute approximate surface area is 145 Å². The number of aliphatic hydroxyl groups is 1. The summed E-state index contributed by atoms with van der Waals surface area (Å²) in [6, 6.07) is 0. The summed E-state index contributed by atoms with van der Waals surface area (Å²) in [7, 11) is 0. The van der Waals surface area contributed by atoms with E-state index in [-0.39, 0.29) is 35.4 Å². The summed E-state index contributed by atoms with van der Waals surface area (Å²) in [5.74, 6) is -0.113. The summed E-state index contributed by atoms with van der Waals surface area (Å²) in [5, 5.41) is 19.4. The lowest BCUT2D eigenvalue weighted by atomic mass is 9.47. The number of hydrogen-bond acceptors (Lipinski definition) is 3. The van der Waals surface area contributed by atoms with Gasteiger partial charge >= 0.3 is 5.97 Å². The molecule has 1 saturated carbocycles. The van der Waals surface area contributed by atoms with Crippen LogP contribution in [0.5, 0.6) is 0 Å². The van der Waals surface area contributed by atoms with Gasteiger partial charge in [0.2, 0.25) is 0 Å². The van der Waals surface area contributed by atoms with E-state index in [0.717, 1.165) is 19.3 Å². The molecule has 0 aromatic heterocycles. The van der Waals surface area contributed by atoms with Gasteiger partial charge in [0.05, 0.1) is 0 Å². The fourth-order valence-corrected chi connectivity index (χ4v) is 5.36. The molecule has 0 radical (unpaired) electrons. The summed E-state index contributed by atoms with van der Waals surface area (Å²) in [4.78, 5) is 23.4. The van der Waals surface area contributed by atoms with Crippen molar-refractivity contribution < 1.29 is 19.8 Å². The Balaban J connectivity index is 2.24. The normalized spacial score (nSPS) is 36.7. The van der Waals surface area contributed by atoms with Gasteiger partial charge in [-0.05, 0) is 49.4 Å². The van der Waals surface area contributed by atoms with Gasteiger partial charge in [0.15, 0.2) is 5.78 Å². The Bertz CT molecular complexity index is 548. The number of rotatable bonds is 5. The van der Waals surface area contributed by atoms with E-state index in [9.17, 15) is 14.7 Å². The molecule has 2 N–H and O–H groups in total. The number of hydrogen-bond donors (Lipinski definition) is 2. The van der Waals surface area contributed by atoms with Crippen LogP contribution >= 0.6 is 0 Å². The highest BCUT2D eigenvalue weighted by molar-refractivity contribution is 5.85. The highest BCUT2D eigenvalue weighted by atomic mass is 16.4. The van der Waals surface area contributed by atoms with Gasteiger partial charge < -0.3 is 10.2 Å². The first-order chi connectivity index (χ1) is 11.0. The molecule has 24 heavy (non-hydrogen) atoms. The zero-order valence-electron chi connectivity index (χ0n) is 15.6. The zero-order chi connectivity index (χ0) is 18.3. The molecule has 4 heteroatoms. The Hall–Kier alpha value is -1.16. The molecule has 0 bridgehead atoms. The average Bonchev–Trinajstić information content (AvgIpc) is 2.43. The third-order valence-electron chi connectivity index (χ3n) is 6.75. The maximum absolute atomic E-state index is 12.5. The van der Waals surface area contributed by atoms with Crippen LogP contribution in [0, 0.1) is 28.6 Å². The van der Waals surface area contributed by atoms with E-state index >= 15 is 0 Å². The predicted molar refractivity (Wildman–Crippen MR) is 93.5 cm³/mol. The minimum atomic E-state index is -0.881. The van der Waals surface area contributed by atoms with Crippen molar-refractivity contribution in [2.45, 2.75) is 72.8 Å². The van der Waals surface area contributed by atoms with Crippen LogP contribution in [0.1, 0.15) is 66.7 Å². The molecule has 2 aliphatic carbocycles. The minimum absolute atomic E-state index is 0.0444. The molecule has 0 amide bonds. The monoisotopic (exact) mass is 336 g/mol. The van der Waals surface area contributed by atoms with Crippen molar-refractivity contribution in [1.29, 1.82) is 0 Å². The summed E-state index contributed by atoms with van der Waals surface area (Å²) in [5.41, 5.74) is 0.740. The number of ketones is 1. The second kappa shape index (κ2) is 6.62. The molecule has 1 unspecified atom stereocenters. The van der Waals surface area contributed by atoms with Crippen LogP contribution in [-0.2, 0) is 9.59 Å². The molecule has 4 nitrogen and oxygen atoms in total. The molecular formula is C20H32O4. The summed E-state index contributed by atoms with van der Waals surface area (Å²) in [6.45, 7) is 10.3.